The number of hydrogen-bond donors (Lipinski definition) is 1. The summed E-state index contributed by atoms with van der Waals surface area (Å²) in [5, 5.41) is 2.54. The second kappa shape index (κ2) is 9.46. The van der Waals surface area contributed by atoms with Crippen molar-refractivity contribution >= 4 is 27.8 Å². The predicted octanol–water partition coefficient (Wildman–Crippen LogP) is 3.17. The predicted molar refractivity (Wildman–Crippen MR) is 88.1 cm³/mol. The Hall–Kier alpha value is -1.56. The van der Waals surface area contributed by atoms with Crippen molar-refractivity contribution in [2.45, 2.75) is 27.2 Å². The van der Waals surface area contributed by atoms with E-state index in [0.717, 1.165) is 10.9 Å². The van der Waals surface area contributed by atoms with Gasteiger partial charge >= 0.3 is 5.97 Å². The van der Waals surface area contributed by atoms with E-state index in [1.807, 2.05) is 6.07 Å². The van der Waals surface area contributed by atoms with Crippen LogP contribution in [0.15, 0.2) is 22.7 Å². The van der Waals surface area contributed by atoms with Crippen molar-refractivity contribution in [1.29, 1.82) is 0 Å². The van der Waals surface area contributed by atoms with E-state index >= 15 is 0 Å². The van der Waals surface area contributed by atoms with E-state index in [-0.39, 0.29) is 19.1 Å². The molecule has 1 amide bonds. The highest BCUT2D eigenvalue weighted by Crippen LogP contribution is 2.23. The first kappa shape index (κ1) is 18.5. The normalized spacial score (nSPS) is 10.4. The molecule has 0 aliphatic carbocycles. The summed E-state index contributed by atoms with van der Waals surface area (Å²) in [7, 11) is 0. The van der Waals surface area contributed by atoms with E-state index in [0.29, 0.717) is 23.8 Å². The van der Waals surface area contributed by atoms with Gasteiger partial charge in [-0.3, -0.25) is 9.59 Å². The van der Waals surface area contributed by atoms with Crippen LogP contribution in [0.1, 0.15) is 37.6 Å². The van der Waals surface area contributed by atoms with Crippen molar-refractivity contribution in [1.82, 2.24) is 5.32 Å². The third kappa shape index (κ3) is 6.47. The summed E-state index contributed by atoms with van der Waals surface area (Å²) in [5.41, 5.74) is 0.391. The fourth-order valence-electron chi connectivity index (χ4n) is 1.67. The molecule has 0 spiro atoms. The number of carbonyl (C=O) groups excluding carboxylic acids is 2. The van der Waals surface area contributed by atoms with Gasteiger partial charge in [-0.25, -0.2) is 0 Å². The SMILES string of the molecule is CCOC(=O)CNC(=O)c1cc(Br)ccc1OCCC(C)C. The van der Waals surface area contributed by atoms with Crippen molar-refractivity contribution in [2.75, 3.05) is 19.8 Å². The molecule has 1 aromatic rings. The monoisotopic (exact) mass is 371 g/mol. The Morgan fingerprint density at radius 3 is 2.68 bits per heavy atom. The smallest absolute Gasteiger partial charge is 0.325 e. The van der Waals surface area contributed by atoms with Gasteiger partial charge in [-0.15, -0.1) is 0 Å². The summed E-state index contributed by atoms with van der Waals surface area (Å²) in [4.78, 5) is 23.5. The minimum absolute atomic E-state index is 0.162. The molecule has 122 valence electrons. The highest BCUT2D eigenvalue weighted by Gasteiger charge is 2.15. The molecule has 0 radical (unpaired) electrons. The molecular weight excluding hydrogens is 350 g/mol. The molecule has 5 nitrogen and oxygen atoms in total. The minimum Gasteiger partial charge on any atom is -0.493 e. The van der Waals surface area contributed by atoms with Crippen molar-refractivity contribution < 1.29 is 19.1 Å². The van der Waals surface area contributed by atoms with Gasteiger partial charge in [0.1, 0.15) is 12.3 Å². The Balaban J connectivity index is 2.71. The summed E-state index contributed by atoms with van der Waals surface area (Å²) in [6.07, 6.45) is 0.903. The van der Waals surface area contributed by atoms with Crippen LogP contribution in [0, 0.1) is 5.92 Å². The van der Waals surface area contributed by atoms with Crippen LogP contribution >= 0.6 is 15.9 Å². The van der Waals surface area contributed by atoms with Gasteiger partial charge in [0.25, 0.3) is 5.91 Å². The quantitative estimate of drug-likeness (QED) is 0.712. The zero-order chi connectivity index (χ0) is 16.5. The maximum atomic E-state index is 12.2. The average Bonchev–Trinajstić information content (AvgIpc) is 2.46. The molecule has 1 rings (SSSR count). The zero-order valence-corrected chi connectivity index (χ0v) is 14.7. The van der Waals surface area contributed by atoms with E-state index in [2.05, 4.69) is 35.1 Å². The number of nitrogens with one attached hydrogen (secondary N) is 1. The topological polar surface area (TPSA) is 64.6 Å². The molecule has 6 heteroatoms. The van der Waals surface area contributed by atoms with Crippen LogP contribution in [0.4, 0.5) is 0 Å². The highest BCUT2D eigenvalue weighted by molar-refractivity contribution is 9.10. The lowest BCUT2D eigenvalue weighted by Crippen LogP contribution is -2.31. The summed E-state index contributed by atoms with van der Waals surface area (Å²) in [6, 6.07) is 5.22. The molecule has 0 heterocycles. The number of ether oxygens (including phenoxy) is 2. The molecule has 0 aromatic heterocycles. The maximum Gasteiger partial charge on any atom is 0.325 e. The largest absolute Gasteiger partial charge is 0.493 e. The van der Waals surface area contributed by atoms with E-state index in [1.165, 1.54) is 0 Å². The Morgan fingerprint density at radius 1 is 1.32 bits per heavy atom. The second-order valence-corrected chi connectivity index (χ2v) is 6.07. The summed E-state index contributed by atoms with van der Waals surface area (Å²) in [5.74, 6) is 0.198. The molecule has 0 saturated heterocycles. The lowest BCUT2D eigenvalue weighted by Gasteiger charge is -2.13. The van der Waals surface area contributed by atoms with E-state index in [1.54, 1.807) is 19.1 Å². The molecule has 0 fully saturated rings. The van der Waals surface area contributed by atoms with Crippen LogP contribution in [0.5, 0.6) is 5.75 Å². The van der Waals surface area contributed by atoms with Crippen molar-refractivity contribution in [3.8, 4) is 5.75 Å². The number of amides is 1. The first-order valence-electron chi connectivity index (χ1n) is 7.30. The fraction of sp³-hybridized carbons (Fsp3) is 0.500. The van der Waals surface area contributed by atoms with Gasteiger partial charge in [0, 0.05) is 4.47 Å². The Labute approximate surface area is 139 Å². The van der Waals surface area contributed by atoms with E-state index in [9.17, 15) is 9.59 Å². The Kier molecular flexibility index (Phi) is 7.95. The number of halogens is 1. The van der Waals surface area contributed by atoms with Gasteiger partial charge in [-0.2, -0.15) is 0 Å². The van der Waals surface area contributed by atoms with Gasteiger partial charge in [-0.05, 0) is 37.5 Å². The lowest BCUT2D eigenvalue weighted by atomic mass is 10.1. The lowest BCUT2D eigenvalue weighted by molar-refractivity contribution is -0.141. The molecule has 0 aliphatic rings. The molecule has 0 unspecified atom stereocenters. The van der Waals surface area contributed by atoms with Gasteiger partial charge in [-0.1, -0.05) is 29.8 Å². The maximum absolute atomic E-state index is 12.2. The third-order valence-electron chi connectivity index (χ3n) is 2.84. The summed E-state index contributed by atoms with van der Waals surface area (Å²) >= 11 is 3.33. The van der Waals surface area contributed by atoms with Gasteiger partial charge in [0.2, 0.25) is 0 Å². The number of carbonyl (C=O) groups is 2. The van der Waals surface area contributed by atoms with Crippen LogP contribution in [-0.4, -0.2) is 31.6 Å². The number of esters is 1. The van der Waals surface area contributed by atoms with Crippen LogP contribution in [0.25, 0.3) is 0 Å². The number of rotatable bonds is 8. The van der Waals surface area contributed by atoms with Crippen LogP contribution in [0.3, 0.4) is 0 Å². The van der Waals surface area contributed by atoms with Crippen molar-refractivity contribution in [3.63, 3.8) is 0 Å². The molecule has 1 N–H and O–H groups in total. The second-order valence-electron chi connectivity index (χ2n) is 5.16. The van der Waals surface area contributed by atoms with Crippen LogP contribution in [-0.2, 0) is 9.53 Å². The molecule has 1 aromatic carbocycles. The van der Waals surface area contributed by atoms with Crippen LogP contribution in [0.2, 0.25) is 0 Å². The van der Waals surface area contributed by atoms with Gasteiger partial charge in [0.15, 0.2) is 0 Å². The molecule has 0 saturated carbocycles. The minimum atomic E-state index is -0.465. The standard InChI is InChI=1S/C16H22BrNO4/c1-4-21-15(19)10-18-16(20)13-9-12(17)5-6-14(13)22-8-7-11(2)3/h5-6,9,11H,4,7-8,10H2,1-3H3,(H,18,20). The van der Waals surface area contributed by atoms with Crippen molar-refractivity contribution in [2.24, 2.45) is 5.92 Å². The molecule has 0 bridgehead atoms. The van der Waals surface area contributed by atoms with Gasteiger partial charge in [0.05, 0.1) is 18.8 Å². The third-order valence-corrected chi connectivity index (χ3v) is 3.33. The Bertz CT molecular complexity index is 517. The first-order chi connectivity index (χ1) is 10.4. The zero-order valence-electron chi connectivity index (χ0n) is 13.1. The Morgan fingerprint density at radius 2 is 2.05 bits per heavy atom. The van der Waals surface area contributed by atoms with Crippen molar-refractivity contribution in [3.05, 3.63) is 28.2 Å². The average molecular weight is 372 g/mol. The number of hydrogen-bond acceptors (Lipinski definition) is 4. The summed E-state index contributed by atoms with van der Waals surface area (Å²) < 4.78 is 11.2. The first-order valence-corrected chi connectivity index (χ1v) is 8.09. The van der Waals surface area contributed by atoms with E-state index < -0.39 is 5.97 Å². The van der Waals surface area contributed by atoms with Crippen LogP contribution < -0.4 is 10.1 Å². The van der Waals surface area contributed by atoms with E-state index in [4.69, 9.17) is 9.47 Å². The molecular formula is C16H22BrNO4. The highest BCUT2D eigenvalue weighted by atomic mass is 79.9. The molecule has 22 heavy (non-hydrogen) atoms. The molecule has 0 aliphatic heterocycles. The number of benzene rings is 1. The fourth-order valence-corrected chi connectivity index (χ4v) is 2.03. The summed E-state index contributed by atoms with van der Waals surface area (Å²) in [6.45, 7) is 6.60. The van der Waals surface area contributed by atoms with Gasteiger partial charge < -0.3 is 14.8 Å². The molecule has 0 atom stereocenters.